The minimum atomic E-state index is -0.193. The summed E-state index contributed by atoms with van der Waals surface area (Å²) in [5.41, 5.74) is 11.2. The molecule has 8 aromatic rings. The molecular weight excluding hydrogens is 555 g/mol. The van der Waals surface area contributed by atoms with Gasteiger partial charge in [-0.2, -0.15) is 0 Å². The number of fused-ring (bicyclic) bond motifs is 5. The molecule has 1 aliphatic rings. The van der Waals surface area contributed by atoms with Gasteiger partial charge in [0.1, 0.15) is 0 Å². The average molecular weight is 588 g/mol. The highest BCUT2D eigenvalue weighted by Crippen LogP contribution is 2.54. The zero-order chi connectivity index (χ0) is 30.8. The first-order valence-corrected chi connectivity index (χ1v) is 16.1. The Morgan fingerprint density at radius 1 is 0.391 bits per heavy atom. The van der Waals surface area contributed by atoms with Gasteiger partial charge in [0.25, 0.3) is 0 Å². The first-order chi connectivity index (χ1) is 22.6. The van der Waals surface area contributed by atoms with E-state index in [1.54, 1.807) is 0 Å². The number of nitrogens with zero attached hydrogens (tertiary/aromatic N) is 1. The summed E-state index contributed by atoms with van der Waals surface area (Å²) < 4.78 is 0. The molecule has 0 heterocycles. The van der Waals surface area contributed by atoms with Crippen molar-refractivity contribution in [2.24, 2.45) is 0 Å². The second-order valence-electron chi connectivity index (χ2n) is 12.9. The maximum absolute atomic E-state index is 2.44. The van der Waals surface area contributed by atoms with Crippen molar-refractivity contribution in [2.45, 2.75) is 19.3 Å². The maximum Gasteiger partial charge on any atom is 0.0465 e. The molecule has 0 N–H and O–H groups in total. The summed E-state index contributed by atoms with van der Waals surface area (Å²) in [6.07, 6.45) is 0. The fourth-order valence-corrected chi connectivity index (χ4v) is 7.83. The van der Waals surface area contributed by atoms with Gasteiger partial charge in [-0.05, 0) is 108 Å². The lowest BCUT2D eigenvalue weighted by molar-refractivity contribution is 0.645. The van der Waals surface area contributed by atoms with Gasteiger partial charge in [-0.15, -0.1) is 0 Å². The van der Waals surface area contributed by atoms with Crippen LogP contribution in [0.15, 0.2) is 164 Å². The van der Waals surface area contributed by atoms with Crippen LogP contribution in [0.25, 0.3) is 54.6 Å². The van der Waals surface area contributed by atoms with Crippen LogP contribution < -0.4 is 4.90 Å². The van der Waals surface area contributed by atoms with E-state index in [1.807, 2.05) is 0 Å². The molecule has 0 saturated heterocycles. The molecule has 1 aliphatic carbocycles. The molecule has 0 amide bonds. The lowest BCUT2D eigenvalue weighted by Gasteiger charge is -2.37. The van der Waals surface area contributed by atoms with Gasteiger partial charge in [0.15, 0.2) is 0 Å². The zero-order valence-corrected chi connectivity index (χ0v) is 26.0. The fraction of sp³-hybridized carbons (Fsp3) is 0.0667. The van der Waals surface area contributed by atoms with E-state index in [9.17, 15) is 0 Å². The quantitative estimate of drug-likeness (QED) is 0.185. The van der Waals surface area contributed by atoms with Crippen LogP contribution in [0.5, 0.6) is 0 Å². The van der Waals surface area contributed by atoms with Gasteiger partial charge < -0.3 is 4.90 Å². The number of benzene rings is 8. The van der Waals surface area contributed by atoms with Crippen molar-refractivity contribution in [2.75, 3.05) is 4.90 Å². The van der Waals surface area contributed by atoms with E-state index in [-0.39, 0.29) is 5.41 Å². The van der Waals surface area contributed by atoms with Gasteiger partial charge in [-0.3, -0.25) is 0 Å². The van der Waals surface area contributed by atoms with Crippen molar-refractivity contribution in [3.8, 4) is 22.3 Å². The average Bonchev–Trinajstić information content (AvgIpc) is 3.11. The summed E-state index contributed by atoms with van der Waals surface area (Å²) in [6, 6.07) is 60.1. The monoisotopic (exact) mass is 587 g/mol. The normalized spacial score (nSPS) is 13.2. The van der Waals surface area contributed by atoms with Gasteiger partial charge in [0.2, 0.25) is 0 Å². The summed E-state index contributed by atoms with van der Waals surface area (Å²) in [7, 11) is 0. The molecule has 46 heavy (non-hydrogen) atoms. The highest BCUT2D eigenvalue weighted by atomic mass is 15.1. The number of anilines is 3. The first-order valence-electron chi connectivity index (χ1n) is 16.1. The van der Waals surface area contributed by atoms with Crippen molar-refractivity contribution in [1.82, 2.24) is 0 Å². The zero-order valence-electron chi connectivity index (χ0n) is 26.0. The molecule has 0 bridgehead atoms. The predicted octanol–water partition coefficient (Wildman–Crippen LogP) is 12.6. The lowest BCUT2D eigenvalue weighted by atomic mass is 9.67. The molecule has 0 fully saturated rings. The second-order valence-corrected chi connectivity index (χ2v) is 12.9. The van der Waals surface area contributed by atoms with Crippen LogP contribution in [0, 0.1) is 0 Å². The van der Waals surface area contributed by atoms with Crippen LogP contribution in [0.4, 0.5) is 17.1 Å². The lowest BCUT2D eigenvalue weighted by Crippen LogP contribution is -2.24. The van der Waals surface area contributed by atoms with Gasteiger partial charge in [0.05, 0.1) is 0 Å². The van der Waals surface area contributed by atoms with Crippen LogP contribution in [-0.4, -0.2) is 0 Å². The molecule has 0 atom stereocenters. The van der Waals surface area contributed by atoms with E-state index in [0.29, 0.717) is 0 Å². The van der Waals surface area contributed by atoms with E-state index in [4.69, 9.17) is 0 Å². The molecule has 9 rings (SSSR count). The third kappa shape index (κ3) is 3.95. The third-order valence-electron chi connectivity index (χ3n) is 10.0. The van der Waals surface area contributed by atoms with Crippen LogP contribution in [0.2, 0.25) is 0 Å². The van der Waals surface area contributed by atoms with E-state index in [2.05, 4.69) is 183 Å². The van der Waals surface area contributed by atoms with Gasteiger partial charge in [0, 0.05) is 22.5 Å². The number of hydrogen-bond acceptors (Lipinski definition) is 1. The van der Waals surface area contributed by atoms with E-state index in [0.717, 1.165) is 17.1 Å². The standard InChI is InChI=1S/C45H33N/c1-45(2)41-23-13-15-30-24-26-38(40-28-31-14-9-10-20-35(31)36-21-11-12-22-37(36)40)44(43(30)41)39-27-25-34(29-42(39)45)46(32-16-5-3-6-17-32)33-18-7-4-8-19-33/h3-29H,1-2H3. The Bertz CT molecular complexity index is 2400. The van der Waals surface area contributed by atoms with Gasteiger partial charge in [-0.1, -0.05) is 135 Å². The Hall–Kier alpha value is -5.66. The first kappa shape index (κ1) is 26.7. The molecule has 1 heteroatoms. The molecule has 0 aliphatic heterocycles. The number of hydrogen-bond donors (Lipinski definition) is 0. The summed E-state index contributed by atoms with van der Waals surface area (Å²) in [4.78, 5) is 2.37. The number of rotatable bonds is 4. The third-order valence-corrected chi connectivity index (χ3v) is 10.0. The Morgan fingerprint density at radius 2 is 1.00 bits per heavy atom. The maximum atomic E-state index is 2.44. The molecule has 0 spiro atoms. The molecular formula is C45H33N. The van der Waals surface area contributed by atoms with E-state index < -0.39 is 0 Å². The largest absolute Gasteiger partial charge is 0.310 e. The topological polar surface area (TPSA) is 3.24 Å². The second kappa shape index (κ2) is 10.2. The van der Waals surface area contributed by atoms with Crippen LogP contribution in [0.1, 0.15) is 25.0 Å². The van der Waals surface area contributed by atoms with Crippen molar-refractivity contribution in [1.29, 1.82) is 0 Å². The summed E-state index contributed by atoms with van der Waals surface area (Å²) in [5.74, 6) is 0. The van der Waals surface area contributed by atoms with Crippen LogP contribution in [-0.2, 0) is 5.41 Å². The van der Waals surface area contributed by atoms with Gasteiger partial charge >= 0.3 is 0 Å². The molecule has 0 aromatic heterocycles. The fourth-order valence-electron chi connectivity index (χ4n) is 7.83. The van der Waals surface area contributed by atoms with Crippen molar-refractivity contribution < 1.29 is 0 Å². The Labute approximate surface area is 270 Å². The SMILES string of the molecule is CC1(C)c2cc(N(c3ccccc3)c3ccccc3)ccc2-c2c(-c3cc4ccccc4c4ccccc34)ccc3cccc1c23. The smallest absolute Gasteiger partial charge is 0.0465 e. The molecule has 8 aromatic carbocycles. The van der Waals surface area contributed by atoms with Crippen LogP contribution >= 0.6 is 0 Å². The minimum Gasteiger partial charge on any atom is -0.310 e. The van der Waals surface area contributed by atoms with Crippen molar-refractivity contribution in [3.05, 3.63) is 175 Å². The van der Waals surface area contributed by atoms with Crippen molar-refractivity contribution >= 4 is 49.4 Å². The van der Waals surface area contributed by atoms with Crippen molar-refractivity contribution in [3.63, 3.8) is 0 Å². The molecule has 0 radical (unpaired) electrons. The predicted molar refractivity (Wildman–Crippen MR) is 197 cm³/mol. The Kier molecular flexibility index (Phi) is 5.92. The van der Waals surface area contributed by atoms with Gasteiger partial charge in [-0.25, -0.2) is 0 Å². The Balaban J connectivity index is 1.35. The number of para-hydroxylation sites is 2. The minimum absolute atomic E-state index is 0.193. The molecule has 1 nitrogen and oxygen atoms in total. The highest BCUT2D eigenvalue weighted by molar-refractivity contribution is 6.18. The summed E-state index contributed by atoms with van der Waals surface area (Å²) >= 11 is 0. The van der Waals surface area contributed by atoms with E-state index in [1.165, 1.54) is 65.7 Å². The Morgan fingerprint density at radius 3 is 1.74 bits per heavy atom. The highest BCUT2D eigenvalue weighted by Gasteiger charge is 2.35. The molecule has 0 unspecified atom stereocenters. The molecule has 218 valence electrons. The summed E-state index contributed by atoms with van der Waals surface area (Å²) in [5, 5.41) is 7.81. The van der Waals surface area contributed by atoms with E-state index >= 15 is 0 Å². The van der Waals surface area contributed by atoms with Crippen LogP contribution in [0.3, 0.4) is 0 Å². The molecule has 0 saturated carbocycles. The summed E-state index contributed by atoms with van der Waals surface area (Å²) in [6.45, 7) is 4.78.